The van der Waals surface area contributed by atoms with E-state index >= 15 is 0 Å². The van der Waals surface area contributed by atoms with Crippen molar-refractivity contribution in [3.05, 3.63) is 224 Å². The molecule has 0 aliphatic carbocycles. The van der Waals surface area contributed by atoms with Crippen LogP contribution in [0, 0.1) is 0 Å². The van der Waals surface area contributed by atoms with Crippen LogP contribution < -0.4 is 14.7 Å². The number of anilines is 6. The molecular weight excluding hydrogens is 777 g/mol. The van der Waals surface area contributed by atoms with Gasteiger partial charge in [0.1, 0.15) is 0 Å². The second-order valence-electron chi connectivity index (χ2n) is 16.1. The van der Waals surface area contributed by atoms with Crippen LogP contribution >= 0.6 is 0 Å². The van der Waals surface area contributed by atoms with Crippen LogP contribution in [0.5, 0.6) is 0 Å². The minimum atomic E-state index is 0.821. The molecular formula is C60H52N4. The second kappa shape index (κ2) is 17.9. The number of hydrogen-bond donors (Lipinski definition) is 0. The molecule has 0 radical (unpaired) electrons. The Kier molecular flexibility index (Phi) is 11.2. The summed E-state index contributed by atoms with van der Waals surface area (Å²) in [4.78, 5) is 7.31. The summed E-state index contributed by atoms with van der Waals surface area (Å²) < 4.78 is 2.44. The van der Waals surface area contributed by atoms with E-state index in [1.807, 2.05) is 0 Å². The van der Waals surface area contributed by atoms with E-state index in [0.29, 0.717) is 0 Å². The van der Waals surface area contributed by atoms with Crippen molar-refractivity contribution >= 4 is 55.9 Å². The van der Waals surface area contributed by atoms with Crippen LogP contribution in [-0.2, 0) is 0 Å². The number of para-hydroxylation sites is 3. The number of hydrogen-bond acceptors (Lipinski definition) is 3. The molecule has 9 aromatic carbocycles. The predicted octanol–water partition coefficient (Wildman–Crippen LogP) is 16.3. The van der Waals surface area contributed by atoms with Crippen molar-refractivity contribution in [1.82, 2.24) is 4.57 Å². The lowest BCUT2D eigenvalue weighted by Crippen LogP contribution is -2.17. The third kappa shape index (κ3) is 7.47. The van der Waals surface area contributed by atoms with Gasteiger partial charge in [-0.2, -0.15) is 0 Å². The SMILES string of the molecule is CCN(c1ccc(-n2c3ccc(N(CC)c4ccccc4-c4ccccc4)cc3c3cc(N(CC)c4ccccc4-c4ccccc4)ccc32)cc1)c1ccccc1-c1ccccc1. The lowest BCUT2D eigenvalue weighted by molar-refractivity contribution is 1.02. The van der Waals surface area contributed by atoms with Crippen LogP contribution in [0.4, 0.5) is 34.1 Å². The van der Waals surface area contributed by atoms with E-state index < -0.39 is 0 Å². The van der Waals surface area contributed by atoms with E-state index in [2.05, 4.69) is 264 Å². The van der Waals surface area contributed by atoms with Crippen LogP contribution in [0.15, 0.2) is 224 Å². The van der Waals surface area contributed by atoms with Crippen molar-refractivity contribution in [3.63, 3.8) is 0 Å². The maximum atomic E-state index is 2.45. The third-order valence-corrected chi connectivity index (χ3v) is 12.6. The molecule has 0 saturated carbocycles. The molecule has 0 aliphatic rings. The van der Waals surface area contributed by atoms with E-state index in [-0.39, 0.29) is 0 Å². The van der Waals surface area contributed by atoms with Gasteiger partial charge in [0.25, 0.3) is 0 Å². The molecule has 0 fully saturated rings. The summed E-state index contributed by atoms with van der Waals surface area (Å²) >= 11 is 0. The molecule has 1 heterocycles. The van der Waals surface area contributed by atoms with E-state index in [1.54, 1.807) is 0 Å². The number of aromatic nitrogens is 1. The number of nitrogens with zero attached hydrogens (tertiary/aromatic N) is 4. The second-order valence-corrected chi connectivity index (χ2v) is 16.1. The van der Waals surface area contributed by atoms with Crippen molar-refractivity contribution in [1.29, 1.82) is 0 Å². The molecule has 0 amide bonds. The van der Waals surface area contributed by atoms with E-state index in [0.717, 1.165) is 42.4 Å². The fourth-order valence-electron chi connectivity index (χ4n) is 9.58. The summed E-state index contributed by atoms with van der Waals surface area (Å²) in [5, 5.41) is 2.43. The highest BCUT2D eigenvalue weighted by atomic mass is 15.1. The summed E-state index contributed by atoms with van der Waals surface area (Å²) in [6, 6.07) is 81.6. The lowest BCUT2D eigenvalue weighted by Gasteiger charge is -2.27. The van der Waals surface area contributed by atoms with Crippen LogP contribution in [0.25, 0.3) is 60.9 Å². The summed E-state index contributed by atoms with van der Waals surface area (Å²) in [6.07, 6.45) is 0. The van der Waals surface area contributed by atoms with Crippen LogP contribution in [0.3, 0.4) is 0 Å². The van der Waals surface area contributed by atoms with Gasteiger partial charge in [-0.15, -0.1) is 0 Å². The zero-order chi connectivity index (χ0) is 43.4. The zero-order valence-corrected chi connectivity index (χ0v) is 36.8. The van der Waals surface area contributed by atoms with Crippen LogP contribution in [-0.4, -0.2) is 24.2 Å². The summed E-state index contributed by atoms with van der Waals surface area (Å²) in [5.41, 5.74) is 17.8. The van der Waals surface area contributed by atoms with Crippen LogP contribution in [0.1, 0.15) is 20.8 Å². The Labute approximate surface area is 377 Å². The average Bonchev–Trinajstić information content (AvgIpc) is 3.69. The molecule has 312 valence electrons. The first-order valence-electron chi connectivity index (χ1n) is 22.6. The first-order valence-corrected chi connectivity index (χ1v) is 22.6. The summed E-state index contributed by atoms with van der Waals surface area (Å²) in [6.45, 7) is 9.20. The molecule has 0 aliphatic heterocycles. The van der Waals surface area contributed by atoms with Crippen molar-refractivity contribution in [2.45, 2.75) is 20.8 Å². The van der Waals surface area contributed by atoms with Gasteiger partial charge in [-0.25, -0.2) is 0 Å². The van der Waals surface area contributed by atoms with Gasteiger partial charge in [0.15, 0.2) is 0 Å². The largest absolute Gasteiger partial charge is 0.341 e. The van der Waals surface area contributed by atoms with Crippen molar-refractivity contribution < 1.29 is 0 Å². The molecule has 0 N–H and O–H groups in total. The normalized spacial score (nSPS) is 11.2. The van der Waals surface area contributed by atoms with Crippen molar-refractivity contribution in [2.75, 3.05) is 34.3 Å². The van der Waals surface area contributed by atoms with E-state index in [4.69, 9.17) is 0 Å². The fraction of sp³-hybridized carbons (Fsp3) is 0.100. The standard InChI is InChI=1S/C60H52N4/c1-4-61(56-31-19-16-28-51(56)44-22-10-7-11-23-44)47-34-36-48(37-35-47)64-59-40-38-49(62(5-2)57-32-20-17-29-52(57)45-24-12-8-13-25-45)42-54(59)55-43-50(39-41-60(55)64)63(6-3)58-33-21-18-30-53(58)46-26-14-9-15-27-46/h7-43H,4-6H2,1-3H3. The van der Waals surface area contributed by atoms with Gasteiger partial charge in [0.05, 0.1) is 11.0 Å². The zero-order valence-electron chi connectivity index (χ0n) is 36.8. The third-order valence-electron chi connectivity index (χ3n) is 12.6. The van der Waals surface area contributed by atoms with Gasteiger partial charge < -0.3 is 19.3 Å². The molecule has 0 bridgehead atoms. The highest BCUT2D eigenvalue weighted by Crippen LogP contribution is 2.43. The predicted molar refractivity (Wildman–Crippen MR) is 274 cm³/mol. The number of rotatable bonds is 13. The molecule has 10 rings (SSSR count). The Morgan fingerprint density at radius 3 is 0.984 bits per heavy atom. The van der Waals surface area contributed by atoms with Gasteiger partial charge in [-0.3, -0.25) is 0 Å². The number of fused-ring (bicyclic) bond motifs is 3. The van der Waals surface area contributed by atoms with Crippen LogP contribution in [0.2, 0.25) is 0 Å². The van der Waals surface area contributed by atoms with E-state index in [1.165, 1.54) is 72.2 Å². The maximum Gasteiger partial charge on any atom is 0.0542 e. The molecule has 64 heavy (non-hydrogen) atoms. The first-order chi connectivity index (χ1) is 31.6. The quantitative estimate of drug-likeness (QED) is 0.115. The van der Waals surface area contributed by atoms with Crippen molar-refractivity contribution in [3.8, 4) is 39.1 Å². The average molecular weight is 829 g/mol. The van der Waals surface area contributed by atoms with Gasteiger partial charge in [0, 0.05) is 86.9 Å². The fourth-order valence-corrected chi connectivity index (χ4v) is 9.58. The Balaban J connectivity index is 1.12. The minimum Gasteiger partial charge on any atom is -0.341 e. The lowest BCUT2D eigenvalue weighted by atomic mass is 10.0. The summed E-state index contributed by atoms with van der Waals surface area (Å²) in [5.74, 6) is 0. The highest BCUT2D eigenvalue weighted by molar-refractivity contribution is 6.12. The molecule has 0 spiro atoms. The van der Waals surface area contributed by atoms with Gasteiger partial charge in [-0.05, 0) is 116 Å². The Morgan fingerprint density at radius 2 is 0.625 bits per heavy atom. The Morgan fingerprint density at radius 1 is 0.312 bits per heavy atom. The molecule has 4 heteroatoms. The monoisotopic (exact) mass is 828 g/mol. The Bertz CT molecular complexity index is 3020. The first kappa shape index (κ1) is 40.3. The maximum absolute atomic E-state index is 2.45. The van der Waals surface area contributed by atoms with Gasteiger partial charge in [-0.1, -0.05) is 146 Å². The molecule has 0 unspecified atom stereocenters. The van der Waals surface area contributed by atoms with Gasteiger partial charge in [0.2, 0.25) is 0 Å². The topological polar surface area (TPSA) is 14.7 Å². The molecule has 0 saturated heterocycles. The minimum absolute atomic E-state index is 0.821. The smallest absolute Gasteiger partial charge is 0.0542 e. The van der Waals surface area contributed by atoms with Crippen molar-refractivity contribution in [2.24, 2.45) is 0 Å². The molecule has 4 nitrogen and oxygen atoms in total. The molecule has 10 aromatic rings. The van der Waals surface area contributed by atoms with E-state index in [9.17, 15) is 0 Å². The van der Waals surface area contributed by atoms with Gasteiger partial charge >= 0.3 is 0 Å². The molecule has 0 atom stereocenters. The highest BCUT2D eigenvalue weighted by Gasteiger charge is 2.21. The molecule has 1 aromatic heterocycles. The number of benzene rings is 9. The Hall–Kier alpha value is -7.82. The summed E-state index contributed by atoms with van der Waals surface area (Å²) in [7, 11) is 0.